The third-order valence-corrected chi connectivity index (χ3v) is 4.85. The van der Waals surface area contributed by atoms with E-state index in [2.05, 4.69) is 4.98 Å². The van der Waals surface area contributed by atoms with Crippen LogP contribution in [0.4, 0.5) is 0 Å². The quantitative estimate of drug-likeness (QED) is 0.817. The van der Waals surface area contributed by atoms with Gasteiger partial charge in [-0.15, -0.1) is 0 Å². The molecule has 1 amide bonds. The van der Waals surface area contributed by atoms with Crippen molar-refractivity contribution in [1.29, 1.82) is 0 Å². The number of carbonyl (C=O) groups excluding carboxylic acids is 1. The van der Waals surface area contributed by atoms with Crippen LogP contribution in [0.3, 0.4) is 0 Å². The Hall–Kier alpha value is -1.47. The van der Waals surface area contributed by atoms with Gasteiger partial charge in [0.15, 0.2) is 0 Å². The van der Waals surface area contributed by atoms with Crippen molar-refractivity contribution in [2.45, 2.75) is 18.9 Å². The van der Waals surface area contributed by atoms with E-state index < -0.39 is 10.0 Å². The van der Waals surface area contributed by atoms with Crippen LogP contribution in [0.2, 0.25) is 0 Å². The molecule has 0 bridgehead atoms. The topological polar surface area (TPSA) is 70.6 Å². The molecule has 1 aliphatic rings. The average Bonchev–Trinajstić information content (AvgIpc) is 2.87. The van der Waals surface area contributed by atoms with Gasteiger partial charge in [-0.2, -0.15) is 4.31 Å². The summed E-state index contributed by atoms with van der Waals surface area (Å²) in [5, 5.41) is 0. The van der Waals surface area contributed by atoms with Crippen molar-refractivity contribution in [3.05, 3.63) is 30.1 Å². The minimum Gasteiger partial charge on any atom is -0.335 e. The first-order chi connectivity index (χ1) is 9.39. The number of carbonyl (C=O) groups is 1. The molecule has 1 aliphatic heterocycles. The first-order valence-corrected chi connectivity index (χ1v) is 8.35. The monoisotopic (exact) mass is 297 g/mol. The van der Waals surface area contributed by atoms with Crippen LogP contribution in [0.1, 0.15) is 24.4 Å². The van der Waals surface area contributed by atoms with Gasteiger partial charge in [0.25, 0.3) is 0 Å². The van der Waals surface area contributed by atoms with E-state index in [1.165, 1.54) is 7.05 Å². The summed E-state index contributed by atoms with van der Waals surface area (Å²) in [6, 6.07) is 3.83. The molecule has 2 heterocycles. The number of hydrogen-bond acceptors (Lipinski definition) is 4. The second kappa shape index (κ2) is 5.88. The van der Waals surface area contributed by atoms with Crippen LogP contribution in [0.15, 0.2) is 24.5 Å². The van der Waals surface area contributed by atoms with Gasteiger partial charge in [-0.05, 0) is 30.5 Å². The maximum absolute atomic E-state index is 12.3. The Balaban J connectivity index is 2.10. The van der Waals surface area contributed by atoms with Crippen molar-refractivity contribution >= 4 is 15.9 Å². The lowest BCUT2D eigenvalue weighted by Crippen LogP contribution is -2.40. The molecule has 0 saturated carbocycles. The molecule has 1 unspecified atom stereocenters. The van der Waals surface area contributed by atoms with Crippen molar-refractivity contribution in [3.63, 3.8) is 0 Å². The average molecular weight is 297 g/mol. The molecule has 0 radical (unpaired) electrons. The van der Waals surface area contributed by atoms with E-state index in [4.69, 9.17) is 0 Å². The van der Waals surface area contributed by atoms with E-state index >= 15 is 0 Å². The Bertz CT molecular complexity index is 574. The summed E-state index contributed by atoms with van der Waals surface area (Å²) in [5.41, 5.74) is 1.05. The number of amides is 1. The first kappa shape index (κ1) is 14.9. The standard InChI is InChI=1S/C13H19N3O3S/c1-15(20(2,18)19)10-13(17)16-9-3-4-12(16)11-5-7-14-8-6-11/h5-8,12H,3-4,9-10H2,1-2H3. The molecule has 0 N–H and O–H groups in total. The third kappa shape index (κ3) is 3.34. The fourth-order valence-electron chi connectivity index (χ4n) is 2.40. The fourth-order valence-corrected chi connectivity index (χ4v) is 2.74. The third-order valence-electron chi connectivity index (χ3n) is 3.59. The van der Waals surface area contributed by atoms with E-state index in [0.717, 1.165) is 29.0 Å². The number of likely N-dealkylation sites (tertiary alicyclic amines) is 1. The summed E-state index contributed by atoms with van der Waals surface area (Å²) >= 11 is 0. The van der Waals surface area contributed by atoms with Crippen LogP contribution in [0.25, 0.3) is 0 Å². The molecule has 2 rings (SSSR count). The molecule has 1 fully saturated rings. The molecule has 110 valence electrons. The Labute approximate surface area is 119 Å². The molecule has 7 heteroatoms. The molecule has 0 aromatic carbocycles. The molecule has 6 nitrogen and oxygen atoms in total. The largest absolute Gasteiger partial charge is 0.335 e. The second-order valence-corrected chi connectivity index (χ2v) is 7.13. The lowest BCUT2D eigenvalue weighted by Gasteiger charge is -2.26. The van der Waals surface area contributed by atoms with Crippen molar-refractivity contribution < 1.29 is 13.2 Å². The lowest BCUT2D eigenvalue weighted by atomic mass is 10.1. The van der Waals surface area contributed by atoms with Crippen molar-refractivity contribution in [3.8, 4) is 0 Å². The van der Waals surface area contributed by atoms with Gasteiger partial charge in [0, 0.05) is 26.0 Å². The van der Waals surface area contributed by atoms with Gasteiger partial charge >= 0.3 is 0 Å². The van der Waals surface area contributed by atoms with Crippen LogP contribution in [-0.4, -0.2) is 54.9 Å². The molecular weight excluding hydrogens is 278 g/mol. The summed E-state index contributed by atoms with van der Waals surface area (Å²) in [6.07, 6.45) is 6.35. The van der Waals surface area contributed by atoms with E-state index in [0.29, 0.717) is 6.54 Å². The molecule has 0 aliphatic carbocycles. The normalized spacial score (nSPS) is 19.6. The zero-order chi connectivity index (χ0) is 14.8. The highest BCUT2D eigenvalue weighted by atomic mass is 32.2. The minimum atomic E-state index is -3.33. The number of pyridine rings is 1. The van der Waals surface area contributed by atoms with Crippen LogP contribution in [0, 0.1) is 0 Å². The van der Waals surface area contributed by atoms with Gasteiger partial charge < -0.3 is 4.90 Å². The highest BCUT2D eigenvalue weighted by molar-refractivity contribution is 7.88. The lowest BCUT2D eigenvalue weighted by molar-refractivity contribution is -0.132. The van der Waals surface area contributed by atoms with E-state index in [9.17, 15) is 13.2 Å². The highest BCUT2D eigenvalue weighted by Gasteiger charge is 2.31. The molecule has 1 atom stereocenters. The molecule has 1 aromatic heterocycles. The van der Waals surface area contributed by atoms with Gasteiger partial charge in [-0.25, -0.2) is 8.42 Å². The summed E-state index contributed by atoms with van der Waals surface area (Å²) in [7, 11) is -1.91. The van der Waals surface area contributed by atoms with Crippen molar-refractivity contribution in [2.24, 2.45) is 0 Å². The van der Waals surface area contributed by atoms with Gasteiger partial charge in [-0.3, -0.25) is 9.78 Å². The maximum atomic E-state index is 12.3. The zero-order valence-electron chi connectivity index (χ0n) is 11.7. The van der Waals surface area contributed by atoms with Crippen LogP contribution in [-0.2, 0) is 14.8 Å². The molecule has 1 aromatic rings. The summed E-state index contributed by atoms with van der Waals surface area (Å²) in [4.78, 5) is 18.0. The Morgan fingerprint density at radius 2 is 2.10 bits per heavy atom. The Morgan fingerprint density at radius 3 is 2.70 bits per heavy atom. The van der Waals surface area contributed by atoms with Crippen molar-refractivity contribution in [1.82, 2.24) is 14.2 Å². The molecular formula is C13H19N3O3S. The molecule has 1 saturated heterocycles. The zero-order valence-corrected chi connectivity index (χ0v) is 12.5. The van der Waals surface area contributed by atoms with Crippen molar-refractivity contribution in [2.75, 3.05) is 26.4 Å². The second-order valence-electron chi connectivity index (χ2n) is 5.04. The van der Waals surface area contributed by atoms with Gasteiger partial charge in [0.05, 0.1) is 18.8 Å². The van der Waals surface area contributed by atoms with Crippen LogP contribution in [0.5, 0.6) is 0 Å². The minimum absolute atomic E-state index is 0.0264. The predicted octanol–water partition coefficient (Wildman–Crippen LogP) is 0.637. The van der Waals surface area contributed by atoms with E-state index in [-0.39, 0.29) is 18.5 Å². The number of hydrogen-bond donors (Lipinski definition) is 0. The van der Waals surface area contributed by atoms with E-state index in [1.54, 1.807) is 17.3 Å². The van der Waals surface area contributed by atoms with Crippen LogP contribution < -0.4 is 0 Å². The molecule has 20 heavy (non-hydrogen) atoms. The Morgan fingerprint density at radius 1 is 1.45 bits per heavy atom. The van der Waals surface area contributed by atoms with Gasteiger partial charge in [0.2, 0.25) is 15.9 Å². The predicted molar refractivity (Wildman–Crippen MR) is 75.4 cm³/mol. The SMILES string of the molecule is CN(CC(=O)N1CCCC1c1ccncc1)S(C)(=O)=O. The van der Waals surface area contributed by atoms with Gasteiger partial charge in [-0.1, -0.05) is 0 Å². The number of sulfonamides is 1. The van der Waals surface area contributed by atoms with Gasteiger partial charge in [0.1, 0.15) is 0 Å². The smallest absolute Gasteiger partial charge is 0.238 e. The Kier molecular flexibility index (Phi) is 4.39. The number of nitrogens with zero attached hydrogens (tertiary/aromatic N) is 3. The summed E-state index contributed by atoms with van der Waals surface area (Å²) in [5.74, 6) is -0.155. The first-order valence-electron chi connectivity index (χ1n) is 6.50. The molecule has 0 spiro atoms. The highest BCUT2D eigenvalue weighted by Crippen LogP contribution is 2.31. The maximum Gasteiger partial charge on any atom is 0.238 e. The van der Waals surface area contributed by atoms with E-state index in [1.807, 2.05) is 12.1 Å². The number of rotatable bonds is 4. The number of likely N-dealkylation sites (N-methyl/N-ethyl adjacent to an activating group) is 1. The summed E-state index contributed by atoms with van der Waals surface area (Å²) < 4.78 is 23.8. The summed E-state index contributed by atoms with van der Waals surface area (Å²) in [6.45, 7) is 0.559. The fraction of sp³-hybridized carbons (Fsp3) is 0.538. The van der Waals surface area contributed by atoms with Crippen LogP contribution >= 0.6 is 0 Å². The number of aromatic nitrogens is 1.